The fourth-order valence-corrected chi connectivity index (χ4v) is 3.69. The Hall–Kier alpha value is -1.70. The fraction of sp³-hybridized carbons (Fsp3) is 0.600. The normalized spacial score (nSPS) is 28.5. The summed E-state index contributed by atoms with van der Waals surface area (Å²) < 4.78 is 13.1. The molecule has 4 heterocycles. The third-order valence-electron chi connectivity index (χ3n) is 4.97. The van der Waals surface area contributed by atoms with E-state index in [2.05, 4.69) is 5.32 Å². The molecule has 0 saturated carbocycles. The highest BCUT2D eigenvalue weighted by Gasteiger charge is 2.49. The summed E-state index contributed by atoms with van der Waals surface area (Å²) in [5, 5.41) is 13.4. The molecular weight excluding hydrogens is 288 g/mol. The van der Waals surface area contributed by atoms with Crippen molar-refractivity contribution in [2.45, 2.75) is 44.2 Å². The van der Waals surface area contributed by atoms with Crippen LogP contribution < -0.4 is 10.9 Å². The summed E-state index contributed by atoms with van der Waals surface area (Å²) in [6.45, 7) is 3.33. The standard InChI is InChI=1S/C15H18N2O5/c1-2-14(20)10-7-11-15(21-5-6-22-15)3-4-17(11)12(18)9(10)8-16-13(14)19/h7,20H,2-6,8H2,1H3,(H,16,19)/t14-/m0/s1. The smallest absolute Gasteiger partial charge is 0.256 e. The molecule has 22 heavy (non-hydrogen) atoms. The lowest BCUT2D eigenvalue weighted by atomic mass is 9.84. The van der Waals surface area contributed by atoms with Crippen molar-refractivity contribution in [3.63, 3.8) is 0 Å². The van der Waals surface area contributed by atoms with Crippen LogP contribution in [0.5, 0.6) is 0 Å². The van der Waals surface area contributed by atoms with Crippen molar-refractivity contribution in [3.05, 3.63) is 33.2 Å². The topological polar surface area (TPSA) is 89.8 Å². The van der Waals surface area contributed by atoms with Crippen LogP contribution in [-0.4, -0.2) is 28.8 Å². The maximum absolute atomic E-state index is 12.7. The molecule has 1 atom stereocenters. The number of carbonyl (C=O) groups excluding carboxylic acids is 1. The number of rotatable bonds is 1. The molecule has 118 valence electrons. The molecule has 1 aromatic heterocycles. The van der Waals surface area contributed by atoms with E-state index in [4.69, 9.17) is 9.47 Å². The Bertz CT molecular complexity index is 719. The van der Waals surface area contributed by atoms with Gasteiger partial charge in [-0.2, -0.15) is 0 Å². The zero-order valence-corrected chi connectivity index (χ0v) is 12.3. The van der Waals surface area contributed by atoms with Crippen LogP contribution in [0.3, 0.4) is 0 Å². The molecule has 0 aromatic carbocycles. The predicted octanol–water partition coefficient (Wildman–Crippen LogP) is -0.321. The number of nitrogens with zero attached hydrogens (tertiary/aromatic N) is 1. The van der Waals surface area contributed by atoms with Gasteiger partial charge in [0.2, 0.25) is 5.79 Å². The summed E-state index contributed by atoms with van der Waals surface area (Å²) in [6.07, 6.45) is 0.764. The first-order valence-corrected chi connectivity index (χ1v) is 7.58. The summed E-state index contributed by atoms with van der Waals surface area (Å²) in [5.41, 5.74) is -0.422. The lowest BCUT2D eigenvalue weighted by molar-refractivity contribution is -0.163. The average molecular weight is 306 g/mol. The van der Waals surface area contributed by atoms with Crippen LogP contribution in [0.4, 0.5) is 0 Å². The minimum Gasteiger partial charge on any atom is -0.375 e. The summed E-state index contributed by atoms with van der Waals surface area (Å²) in [4.78, 5) is 24.8. The van der Waals surface area contributed by atoms with Gasteiger partial charge in [0.25, 0.3) is 11.5 Å². The Balaban J connectivity index is 1.98. The number of aliphatic hydroxyl groups is 1. The molecule has 3 aliphatic heterocycles. The number of fused-ring (bicyclic) bond motifs is 3. The molecule has 0 aliphatic carbocycles. The summed E-state index contributed by atoms with van der Waals surface area (Å²) >= 11 is 0. The van der Waals surface area contributed by atoms with Gasteiger partial charge in [0.05, 0.1) is 18.9 Å². The van der Waals surface area contributed by atoms with E-state index in [0.717, 1.165) is 0 Å². The summed E-state index contributed by atoms with van der Waals surface area (Å²) in [5.74, 6) is -1.37. The Labute approximate surface area is 126 Å². The fourth-order valence-electron chi connectivity index (χ4n) is 3.69. The molecule has 1 fully saturated rings. The van der Waals surface area contributed by atoms with Crippen molar-refractivity contribution in [1.29, 1.82) is 0 Å². The van der Waals surface area contributed by atoms with Gasteiger partial charge in [0, 0.05) is 30.6 Å². The van der Waals surface area contributed by atoms with Crippen LogP contribution in [0.15, 0.2) is 10.9 Å². The molecule has 1 aromatic rings. The van der Waals surface area contributed by atoms with Crippen LogP contribution in [0, 0.1) is 0 Å². The average Bonchev–Trinajstić information content (AvgIpc) is 3.13. The van der Waals surface area contributed by atoms with Gasteiger partial charge in [-0.15, -0.1) is 0 Å². The minimum atomic E-state index is -1.68. The van der Waals surface area contributed by atoms with E-state index in [-0.39, 0.29) is 18.5 Å². The summed E-state index contributed by atoms with van der Waals surface area (Å²) in [7, 11) is 0. The van der Waals surface area contributed by atoms with Crippen molar-refractivity contribution >= 4 is 5.91 Å². The molecule has 4 rings (SSSR count). The lowest BCUT2D eigenvalue weighted by Gasteiger charge is -2.33. The zero-order valence-electron chi connectivity index (χ0n) is 12.3. The second kappa shape index (κ2) is 4.41. The van der Waals surface area contributed by atoms with Gasteiger partial charge >= 0.3 is 0 Å². The molecule has 1 saturated heterocycles. The van der Waals surface area contributed by atoms with Gasteiger partial charge in [0.15, 0.2) is 5.60 Å². The molecule has 1 spiro atoms. The number of amides is 1. The number of ether oxygens (including phenoxy) is 2. The van der Waals surface area contributed by atoms with E-state index in [9.17, 15) is 14.7 Å². The molecule has 0 unspecified atom stereocenters. The number of carbonyl (C=O) groups is 1. The van der Waals surface area contributed by atoms with Gasteiger partial charge in [-0.25, -0.2) is 0 Å². The molecule has 1 amide bonds. The van der Waals surface area contributed by atoms with E-state index >= 15 is 0 Å². The van der Waals surface area contributed by atoms with Crippen LogP contribution in [0.25, 0.3) is 0 Å². The molecule has 2 N–H and O–H groups in total. The molecule has 3 aliphatic rings. The number of hydrogen-bond donors (Lipinski definition) is 2. The maximum Gasteiger partial charge on any atom is 0.256 e. The van der Waals surface area contributed by atoms with E-state index in [1.807, 2.05) is 0 Å². The first-order valence-electron chi connectivity index (χ1n) is 7.58. The third-order valence-corrected chi connectivity index (χ3v) is 4.97. The van der Waals surface area contributed by atoms with Gasteiger partial charge in [-0.1, -0.05) is 6.92 Å². The van der Waals surface area contributed by atoms with E-state index < -0.39 is 17.3 Å². The first kappa shape index (κ1) is 13.9. The van der Waals surface area contributed by atoms with Crippen LogP contribution in [-0.2, 0) is 38.7 Å². The van der Waals surface area contributed by atoms with Gasteiger partial charge in [0.1, 0.15) is 0 Å². The van der Waals surface area contributed by atoms with E-state index in [0.29, 0.717) is 43.0 Å². The molecular formula is C15H18N2O5. The Morgan fingerprint density at radius 2 is 2.09 bits per heavy atom. The molecule has 0 bridgehead atoms. The maximum atomic E-state index is 12.7. The number of aromatic nitrogens is 1. The van der Waals surface area contributed by atoms with Crippen LogP contribution >= 0.6 is 0 Å². The Morgan fingerprint density at radius 3 is 2.77 bits per heavy atom. The second-order valence-corrected chi connectivity index (χ2v) is 5.97. The highest BCUT2D eigenvalue weighted by Crippen LogP contribution is 2.42. The van der Waals surface area contributed by atoms with Crippen molar-refractivity contribution in [3.8, 4) is 0 Å². The third kappa shape index (κ3) is 1.56. The lowest BCUT2D eigenvalue weighted by Crippen LogP contribution is -2.51. The SMILES string of the molecule is CC[C@@]1(O)C(=O)NCc2c1cc1n(c2=O)CCC12OCCO2. The number of hydrogen-bond acceptors (Lipinski definition) is 5. The largest absolute Gasteiger partial charge is 0.375 e. The molecule has 0 radical (unpaired) electrons. The summed E-state index contributed by atoms with van der Waals surface area (Å²) in [6, 6.07) is 1.72. The van der Waals surface area contributed by atoms with Crippen molar-refractivity contribution in [1.82, 2.24) is 9.88 Å². The zero-order chi connectivity index (χ0) is 15.5. The monoisotopic (exact) mass is 306 g/mol. The van der Waals surface area contributed by atoms with Crippen molar-refractivity contribution in [2.24, 2.45) is 0 Å². The highest BCUT2D eigenvalue weighted by atomic mass is 16.7. The predicted molar refractivity (Wildman–Crippen MR) is 74.9 cm³/mol. The number of nitrogens with one attached hydrogen (secondary N) is 1. The van der Waals surface area contributed by atoms with Crippen molar-refractivity contribution in [2.75, 3.05) is 13.2 Å². The quantitative estimate of drug-likeness (QED) is 0.742. The Kier molecular flexibility index (Phi) is 2.79. The first-order chi connectivity index (χ1) is 10.5. The Morgan fingerprint density at radius 1 is 1.36 bits per heavy atom. The number of pyridine rings is 1. The van der Waals surface area contributed by atoms with Crippen LogP contribution in [0.1, 0.15) is 36.6 Å². The molecule has 7 nitrogen and oxygen atoms in total. The highest BCUT2D eigenvalue weighted by molar-refractivity contribution is 5.88. The second-order valence-electron chi connectivity index (χ2n) is 5.97. The van der Waals surface area contributed by atoms with Gasteiger partial charge in [-0.05, 0) is 12.5 Å². The van der Waals surface area contributed by atoms with Gasteiger partial charge in [-0.3, -0.25) is 9.59 Å². The van der Waals surface area contributed by atoms with E-state index in [1.165, 1.54) is 0 Å². The molecule has 7 heteroatoms. The van der Waals surface area contributed by atoms with E-state index in [1.54, 1.807) is 17.6 Å². The van der Waals surface area contributed by atoms with Crippen LogP contribution in [0.2, 0.25) is 0 Å². The minimum absolute atomic E-state index is 0.143. The van der Waals surface area contributed by atoms with Gasteiger partial charge < -0.3 is 24.5 Å². The van der Waals surface area contributed by atoms with Crippen molar-refractivity contribution < 1.29 is 19.4 Å².